The fourth-order valence-corrected chi connectivity index (χ4v) is 2.54. The molecule has 124 valence electrons. The Morgan fingerprint density at radius 1 is 1.32 bits per heavy atom. The molecule has 1 rings (SSSR count). The van der Waals surface area contributed by atoms with Crippen LogP contribution in [-0.4, -0.2) is 44.7 Å². The first-order valence-electron chi connectivity index (χ1n) is 7.35. The first-order chi connectivity index (χ1) is 10.6. The van der Waals surface area contributed by atoms with Crippen LogP contribution in [0.3, 0.4) is 0 Å². The molecule has 1 atom stereocenters. The van der Waals surface area contributed by atoms with Crippen molar-refractivity contribution in [1.82, 2.24) is 5.32 Å². The van der Waals surface area contributed by atoms with Gasteiger partial charge in [0.05, 0.1) is 20.3 Å². The van der Waals surface area contributed by atoms with E-state index in [1.807, 2.05) is 24.5 Å². The zero-order valence-corrected chi connectivity index (χ0v) is 14.4. The normalized spacial score (nSPS) is 11.8. The number of rotatable bonds is 10. The van der Waals surface area contributed by atoms with E-state index in [0.717, 1.165) is 35.7 Å². The van der Waals surface area contributed by atoms with E-state index in [1.54, 1.807) is 26.0 Å². The molecular weight excluding hydrogens is 300 g/mol. The summed E-state index contributed by atoms with van der Waals surface area (Å²) in [6.45, 7) is 0.625. The third kappa shape index (κ3) is 6.15. The maximum absolute atomic E-state index is 11.8. The molecule has 0 heterocycles. The van der Waals surface area contributed by atoms with Crippen molar-refractivity contribution in [3.63, 3.8) is 0 Å². The summed E-state index contributed by atoms with van der Waals surface area (Å²) in [5.41, 5.74) is 6.96. The largest absolute Gasteiger partial charge is 0.493 e. The molecule has 3 N–H and O–H groups in total. The third-order valence-electron chi connectivity index (χ3n) is 3.36. The maximum Gasteiger partial charge on any atom is 0.236 e. The Labute approximate surface area is 136 Å². The zero-order valence-electron chi connectivity index (χ0n) is 13.6. The molecule has 1 amide bonds. The van der Waals surface area contributed by atoms with Gasteiger partial charge in [0.2, 0.25) is 5.91 Å². The van der Waals surface area contributed by atoms with E-state index in [9.17, 15) is 4.79 Å². The fraction of sp³-hybridized carbons (Fsp3) is 0.562. The minimum absolute atomic E-state index is 0.0682. The topological polar surface area (TPSA) is 73.6 Å². The van der Waals surface area contributed by atoms with Crippen LogP contribution in [-0.2, 0) is 11.2 Å². The number of methoxy groups -OCH3 is 2. The van der Waals surface area contributed by atoms with Crippen LogP contribution >= 0.6 is 11.8 Å². The molecule has 0 saturated carbocycles. The van der Waals surface area contributed by atoms with Gasteiger partial charge in [-0.15, -0.1) is 0 Å². The highest BCUT2D eigenvalue weighted by molar-refractivity contribution is 7.98. The molecule has 0 unspecified atom stereocenters. The zero-order chi connectivity index (χ0) is 16.4. The van der Waals surface area contributed by atoms with Crippen LogP contribution in [0.4, 0.5) is 0 Å². The van der Waals surface area contributed by atoms with Gasteiger partial charge in [0.1, 0.15) is 0 Å². The van der Waals surface area contributed by atoms with E-state index >= 15 is 0 Å². The lowest BCUT2D eigenvalue weighted by Gasteiger charge is -2.12. The molecule has 5 nitrogen and oxygen atoms in total. The molecule has 0 aliphatic heterocycles. The average molecular weight is 326 g/mol. The second-order valence-corrected chi connectivity index (χ2v) is 5.96. The number of hydrogen-bond acceptors (Lipinski definition) is 5. The van der Waals surface area contributed by atoms with Gasteiger partial charge < -0.3 is 20.5 Å². The van der Waals surface area contributed by atoms with Crippen molar-refractivity contribution in [2.24, 2.45) is 5.73 Å². The minimum atomic E-state index is -0.409. The summed E-state index contributed by atoms with van der Waals surface area (Å²) in [5.74, 6) is 2.28. The Morgan fingerprint density at radius 2 is 2.05 bits per heavy atom. The van der Waals surface area contributed by atoms with Crippen LogP contribution in [0.15, 0.2) is 18.2 Å². The Hall–Kier alpha value is -1.40. The maximum atomic E-state index is 11.8. The standard InChI is InChI=1S/C16H26N2O3S/c1-20-14-7-6-12(11-15(14)21-2)5-4-9-18-16(19)13(17)8-10-22-3/h6-7,11,13H,4-5,8-10,17H2,1-3H3,(H,18,19)/t13-/m0/s1. The van der Waals surface area contributed by atoms with Crippen LogP contribution in [0.5, 0.6) is 11.5 Å². The number of ether oxygens (including phenoxy) is 2. The molecule has 6 heteroatoms. The predicted molar refractivity (Wildman–Crippen MR) is 91.9 cm³/mol. The monoisotopic (exact) mass is 326 g/mol. The van der Waals surface area contributed by atoms with Gasteiger partial charge in [-0.3, -0.25) is 4.79 Å². The Bertz CT molecular complexity index is 469. The van der Waals surface area contributed by atoms with Crippen molar-refractivity contribution in [3.05, 3.63) is 23.8 Å². The molecule has 0 aliphatic carbocycles. The highest BCUT2D eigenvalue weighted by Crippen LogP contribution is 2.27. The molecule has 0 bridgehead atoms. The third-order valence-corrected chi connectivity index (χ3v) is 4.00. The van der Waals surface area contributed by atoms with Crippen LogP contribution in [0, 0.1) is 0 Å². The SMILES string of the molecule is COc1ccc(CCCNC(=O)[C@@H](N)CCSC)cc1OC. The number of nitrogens with one attached hydrogen (secondary N) is 1. The molecule has 0 fully saturated rings. The van der Waals surface area contributed by atoms with Crippen LogP contribution in [0.25, 0.3) is 0 Å². The highest BCUT2D eigenvalue weighted by atomic mass is 32.2. The second-order valence-electron chi connectivity index (χ2n) is 4.97. The lowest BCUT2D eigenvalue weighted by molar-refractivity contribution is -0.122. The van der Waals surface area contributed by atoms with Crippen molar-refractivity contribution < 1.29 is 14.3 Å². The summed E-state index contributed by atoms with van der Waals surface area (Å²) >= 11 is 1.70. The van der Waals surface area contributed by atoms with Crippen LogP contribution in [0.2, 0.25) is 0 Å². The number of amides is 1. The van der Waals surface area contributed by atoms with Crippen molar-refractivity contribution in [2.45, 2.75) is 25.3 Å². The minimum Gasteiger partial charge on any atom is -0.493 e. The van der Waals surface area contributed by atoms with Gasteiger partial charge in [0, 0.05) is 6.54 Å². The van der Waals surface area contributed by atoms with Gasteiger partial charge in [-0.1, -0.05) is 6.07 Å². The fourth-order valence-electron chi connectivity index (χ4n) is 2.05. The van der Waals surface area contributed by atoms with Crippen molar-refractivity contribution in [2.75, 3.05) is 32.8 Å². The van der Waals surface area contributed by atoms with Gasteiger partial charge in [0.15, 0.2) is 11.5 Å². The van der Waals surface area contributed by atoms with E-state index in [0.29, 0.717) is 13.0 Å². The summed E-state index contributed by atoms with van der Waals surface area (Å²) in [7, 11) is 3.24. The molecule has 0 aliphatic rings. The second kappa shape index (κ2) is 10.3. The lowest BCUT2D eigenvalue weighted by Crippen LogP contribution is -2.41. The molecule has 1 aromatic rings. The smallest absolute Gasteiger partial charge is 0.236 e. The molecular formula is C16H26N2O3S. The van der Waals surface area contributed by atoms with Gasteiger partial charge in [-0.2, -0.15) is 11.8 Å². The van der Waals surface area contributed by atoms with Gasteiger partial charge in [-0.25, -0.2) is 0 Å². The van der Waals surface area contributed by atoms with Crippen LogP contribution < -0.4 is 20.5 Å². The number of hydrogen-bond donors (Lipinski definition) is 2. The van der Waals surface area contributed by atoms with Gasteiger partial charge >= 0.3 is 0 Å². The first kappa shape index (κ1) is 18.6. The molecule has 0 radical (unpaired) electrons. The van der Waals surface area contributed by atoms with Crippen molar-refractivity contribution in [3.8, 4) is 11.5 Å². The Balaban J connectivity index is 2.34. The number of nitrogens with two attached hydrogens (primary N) is 1. The number of aryl methyl sites for hydroxylation is 1. The summed E-state index contributed by atoms with van der Waals surface area (Å²) in [6.07, 6.45) is 4.44. The summed E-state index contributed by atoms with van der Waals surface area (Å²) in [5, 5.41) is 2.88. The average Bonchev–Trinajstić information content (AvgIpc) is 2.55. The number of thioether (sulfide) groups is 1. The van der Waals surface area contributed by atoms with E-state index < -0.39 is 6.04 Å². The summed E-state index contributed by atoms with van der Waals surface area (Å²) in [4.78, 5) is 11.8. The Morgan fingerprint density at radius 3 is 2.68 bits per heavy atom. The lowest BCUT2D eigenvalue weighted by atomic mass is 10.1. The molecule has 0 saturated heterocycles. The van der Waals surface area contributed by atoms with Gasteiger partial charge in [0.25, 0.3) is 0 Å². The van der Waals surface area contributed by atoms with E-state index in [-0.39, 0.29) is 5.91 Å². The number of benzene rings is 1. The first-order valence-corrected chi connectivity index (χ1v) is 8.75. The summed E-state index contributed by atoms with van der Waals surface area (Å²) < 4.78 is 10.5. The van der Waals surface area contributed by atoms with Gasteiger partial charge in [-0.05, 0) is 49.0 Å². The molecule has 1 aromatic carbocycles. The summed E-state index contributed by atoms with van der Waals surface area (Å²) in [6, 6.07) is 5.46. The van der Waals surface area contributed by atoms with E-state index in [4.69, 9.17) is 15.2 Å². The molecule has 0 spiro atoms. The van der Waals surface area contributed by atoms with Crippen molar-refractivity contribution >= 4 is 17.7 Å². The number of carbonyl (C=O) groups excluding carboxylic acids is 1. The quantitative estimate of drug-likeness (QED) is 0.642. The van der Waals surface area contributed by atoms with E-state index in [2.05, 4.69) is 5.32 Å². The van der Waals surface area contributed by atoms with Crippen LogP contribution in [0.1, 0.15) is 18.4 Å². The highest BCUT2D eigenvalue weighted by Gasteiger charge is 2.11. The molecule has 0 aromatic heterocycles. The predicted octanol–water partition coefficient (Wildman–Crippen LogP) is 1.83. The van der Waals surface area contributed by atoms with Crippen molar-refractivity contribution in [1.29, 1.82) is 0 Å². The van der Waals surface area contributed by atoms with E-state index in [1.165, 1.54) is 0 Å². The molecule has 22 heavy (non-hydrogen) atoms. The number of carbonyl (C=O) groups is 1. The Kier molecular flexibility index (Phi) is 8.77.